The molecule has 5 unspecified atom stereocenters. The quantitative estimate of drug-likeness (QED) is 0.307. The van der Waals surface area contributed by atoms with Gasteiger partial charge in [-0.3, -0.25) is 19.2 Å². The van der Waals surface area contributed by atoms with Crippen LogP contribution in [0.2, 0.25) is 0 Å². The molecule has 1 aromatic carbocycles. The molecule has 0 saturated carbocycles. The molecule has 2 heterocycles. The third-order valence-corrected chi connectivity index (χ3v) is 6.52. The molecule has 210 valence electrons. The van der Waals surface area contributed by atoms with Gasteiger partial charge in [0.05, 0.1) is 0 Å². The van der Waals surface area contributed by atoms with E-state index in [2.05, 4.69) is 5.32 Å². The van der Waals surface area contributed by atoms with Crippen molar-refractivity contribution < 1.29 is 47.3 Å². The fourth-order valence-electron chi connectivity index (χ4n) is 5.02. The lowest BCUT2D eigenvalue weighted by Crippen LogP contribution is -2.67. The number of carbonyl (C=O) groups is 4. The number of aryl methyl sites for hydroxylation is 1. The van der Waals surface area contributed by atoms with Gasteiger partial charge < -0.3 is 33.4 Å². The number of amides is 1. The van der Waals surface area contributed by atoms with Gasteiger partial charge in [-0.1, -0.05) is 0 Å². The second-order valence-corrected chi connectivity index (χ2v) is 9.55. The second kappa shape index (κ2) is 11.9. The van der Waals surface area contributed by atoms with Crippen molar-refractivity contribution in [3.63, 3.8) is 0 Å². The highest BCUT2D eigenvalue weighted by atomic mass is 16.7. The molecule has 0 radical (unpaired) electrons. The Labute approximate surface area is 223 Å². The standard InChI is InChI=1S/C27H31NO11/c1-13(29)28-23-25(36-16(4)32)24(35-15(3)31)22(12-34-14(2)30)39-27(23)37-17-9-10-19-18-7-5-6-8-20(18)26(33)38-21(19)11-17/h9-11,22-25,27H,5-8,12H2,1-4H3,(H,28,29). The Morgan fingerprint density at radius 3 is 2.23 bits per heavy atom. The lowest BCUT2D eigenvalue weighted by molar-refractivity contribution is -0.257. The number of nitrogens with one attached hydrogen (secondary N) is 1. The number of hydrogen-bond acceptors (Lipinski definition) is 11. The van der Waals surface area contributed by atoms with E-state index in [1.165, 1.54) is 13.8 Å². The van der Waals surface area contributed by atoms with Gasteiger partial charge in [-0.2, -0.15) is 0 Å². The van der Waals surface area contributed by atoms with Crippen molar-refractivity contribution in [3.05, 3.63) is 39.7 Å². The topological polar surface area (TPSA) is 157 Å². The maximum atomic E-state index is 12.6. The Kier molecular flexibility index (Phi) is 8.54. The Morgan fingerprint density at radius 2 is 1.59 bits per heavy atom. The molecule has 39 heavy (non-hydrogen) atoms. The monoisotopic (exact) mass is 545 g/mol. The first kappa shape index (κ1) is 28.1. The van der Waals surface area contributed by atoms with E-state index in [1.807, 2.05) is 0 Å². The van der Waals surface area contributed by atoms with Gasteiger partial charge in [0.15, 0.2) is 12.2 Å². The van der Waals surface area contributed by atoms with Gasteiger partial charge in [0.25, 0.3) is 0 Å². The average molecular weight is 546 g/mol. The molecule has 0 spiro atoms. The molecule has 0 bridgehead atoms. The molecule has 1 fully saturated rings. The molecule has 1 saturated heterocycles. The Balaban J connectivity index is 1.71. The fraction of sp³-hybridized carbons (Fsp3) is 0.519. The zero-order valence-electron chi connectivity index (χ0n) is 22.1. The third-order valence-electron chi connectivity index (χ3n) is 6.52. The highest BCUT2D eigenvalue weighted by Crippen LogP contribution is 2.32. The maximum Gasteiger partial charge on any atom is 0.339 e. The molecular weight excluding hydrogens is 514 g/mol. The normalized spacial score (nSPS) is 24.3. The second-order valence-electron chi connectivity index (χ2n) is 9.55. The Bertz CT molecular complexity index is 1330. The van der Waals surface area contributed by atoms with Crippen LogP contribution in [-0.4, -0.2) is 61.1 Å². The summed E-state index contributed by atoms with van der Waals surface area (Å²) >= 11 is 0. The number of fused-ring (bicyclic) bond motifs is 3. The van der Waals surface area contributed by atoms with Crippen molar-refractivity contribution in [1.82, 2.24) is 5.32 Å². The molecule has 5 atom stereocenters. The summed E-state index contributed by atoms with van der Waals surface area (Å²) in [7, 11) is 0. The minimum Gasteiger partial charge on any atom is -0.463 e. The number of rotatable bonds is 7. The molecule has 4 rings (SSSR count). The molecule has 2 aliphatic rings. The van der Waals surface area contributed by atoms with E-state index in [9.17, 15) is 24.0 Å². The predicted octanol–water partition coefficient (Wildman–Crippen LogP) is 1.71. The van der Waals surface area contributed by atoms with Gasteiger partial charge in [-0.15, -0.1) is 0 Å². The number of benzene rings is 1. The molecule has 1 amide bonds. The van der Waals surface area contributed by atoms with Crippen LogP contribution in [0, 0.1) is 0 Å². The molecular formula is C27H31NO11. The Hall–Kier alpha value is -3.93. The zero-order chi connectivity index (χ0) is 28.3. The van der Waals surface area contributed by atoms with Crippen molar-refractivity contribution in [1.29, 1.82) is 0 Å². The summed E-state index contributed by atoms with van der Waals surface area (Å²) in [4.78, 5) is 60.1. The van der Waals surface area contributed by atoms with Crippen LogP contribution in [0.4, 0.5) is 0 Å². The number of hydrogen-bond donors (Lipinski definition) is 1. The van der Waals surface area contributed by atoms with E-state index >= 15 is 0 Å². The summed E-state index contributed by atoms with van der Waals surface area (Å²) in [6.45, 7) is 4.42. The highest BCUT2D eigenvalue weighted by molar-refractivity contribution is 5.83. The van der Waals surface area contributed by atoms with Crippen LogP contribution in [0.5, 0.6) is 5.75 Å². The van der Waals surface area contributed by atoms with Gasteiger partial charge in [0.2, 0.25) is 12.2 Å². The highest BCUT2D eigenvalue weighted by Gasteiger charge is 2.52. The number of esters is 3. The first-order chi connectivity index (χ1) is 18.5. The third kappa shape index (κ3) is 6.56. The zero-order valence-corrected chi connectivity index (χ0v) is 22.1. The predicted molar refractivity (Wildman–Crippen MR) is 134 cm³/mol. The van der Waals surface area contributed by atoms with Crippen molar-refractivity contribution in [3.8, 4) is 5.75 Å². The number of ether oxygens (including phenoxy) is 5. The lowest BCUT2D eigenvalue weighted by Gasteiger charge is -2.44. The van der Waals surface area contributed by atoms with E-state index in [-0.39, 0.29) is 18.0 Å². The van der Waals surface area contributed by atoms with Crippen molar-refractivity contribution >= 4 is 34.8 Å². The molecule has 1 aliphatic carbocycles. The van der Waals surface area contributed by atoms with Crippen LogP contribution in [0.3, 0.4) is 0 Å². The van der Waals surface area contributed by atoms with Crippen LogP contribution >= 0.6 is 0 Å². The summed E-state index contributed by atoms with van der Waals surface area (Å²) in [5.41, 5.74) is 1.60. The fourth-order valence-corrected chi connectivity index (χ4v) is 5.02. The molecule has 1 aromatic heterocycles. The van der Waals surface area contributed by atoms with Crippen LogP contribution < -0.4 is 15.7 Å². The van der Waals surface area contributed by atoms with E-state index < -0.39 is 54.5 Å². The summed E-state index contributed by atoms with van der Waals surface area (Å²) in [6, 6.07) is 3.87. The smallest absolute Gasteiger partial charge is 0.339 e. The summed E-state index contributed by atoms with van der Waals surface area (Å²) in [5, 5.41) is 3.45. The van der Waals surface area contributed by atoms with Crippen LogP contribution in [0.25, 0.3) is 11.0 Å². The Morgan fingerprint density at radius 1 is 0.923 bits per heavy atom. The van der Waals surface area contributed by atoms with Crippen molar-refractivity contribution in [2.45, 2.75) is 84.0 Å². The summed E-state index contributed by atoms with van der Waals surface area (Å²) in [6.07, 6.45) is -1.53. The molecule has 12 nitrogen and oxygen atoms in total. The van der Waals surface area contributed by atoms with Gasteiger partial charge in [-0.05, 0) is 43.4 Å². The van der Waals surface area contributed by atoms with E-state index in [4.69, 9.17) is 28.1 Å². The van der Waals surface area contributed by atoms with Gasteiger partial charge in [0, 0.05) is 44.7 Å². The maximum absolute atomic E-state index is 12.6. The lowest BCUT2D eigenvalue weighted by atomic mass is 9.91. The van der Waals surface area contributed by atoms with E-state index in [0.717, 1.165) is 44.1 Å². The summed E-state index contributed by atoms with van der Waals surface area (Å²) < 4.78 is 33.7. The minimum atomic E-state index is -1.28. The van der Waals surface area contributed by atoms with Crippen LogP contribution in [0.1, 0.15) is 51.7 Å². The van der Waals surface area contributed by atoms with Gasteiger partial charge in [-0.25, -0.2) is 4.79 Å². The summed E-state index contributed by atoms with van der Waals surface area (Å²) in [5.74, 6) is -2.29. The van der Waals surface area contributed by atoms with Crippen LogP contribution in [0.15, 0.2) is 27.4 Å². The van der Waals surface area contributed by atoms with Gasteiger partial charge in [0.1, 0.15) is 30.1 Å². The minimum absolute atomic E-state index is 0.237. The van der Waals surface area contributed by atoms with E-state index in [0.29, 0.717) is 17.6 Å². The average Bonchev–Trinajstić information content (AvgIpc) is 2.85. The first-order valence-corrected chi connectivity index (χ1v) is 12.7. The van der Waals surface area contributed by atoms with Crippen molar-refractivity contribution in [2.75, 3.05) is 6.61 Å². The van der Waals surface area contributed by atoms with E-state index in [1.54, 1.807) is 18.2 Å². The van der Waals surface area contributed by atoms with Crippen LogP contribution in [-0.2, 0) is 51.0 Å². The largest absolute Gasteiger partial charge is 0.463 e. The molecule has 2 aromatic rings. The molecule has 1 aliphatic heterocycles. The SMILES string of the molecule is CC(=O)NC1C(Oc2ccc3c4c(c(=O)oc3c2)CCCC4)OC(COC(C)=O)C(OC(C)=O)C1OC(C)=O. The van der Waals surface area contributed by atoms with Crippen molar-refractivity contribution in [2.24, 2.45) is 0 Å². The van der Waals surface area contributed by atoms with Gasteiger partial charge >= 0.3 is 23.5 Å². The number of carbonyl (C=O) groups excluding carboxylic acids is 4. The molecule has 1 N–H and O–H groups in total. The molecule has 12 heteroatoms. The first-order valence-electron chi connectivity index (χ1n) is 12.7.